The van der Waals surface area contributed by atoms with Gasteiger partial charge in [-0.05, 0) is 130 Å². The molecule has 1 unspecified atom stereocenters. The van der Waals surface area contributed by atoms with Gasteiger partial charge >= 0.3 is 0 Å². The molecule has 1 heteroatoms. The van der Waals surface area contributed by atoms with Crippen LogP contribution in [0.4, 0.5) is 0 Å². The lowest BCUT2D eigenvalue weighted by atomic mass is 9.65. The molecule has 0 aromatic heterocycles. The summed E-state index contributed by atoms with van der Waals surface area (Å²) in [6.45, 7) is 0. The van der Waals surface area contributed by atoms with Crippen LogP contribution in [0.1, 0.15) is 44.5 Å². The van der Waals surface area contributed by atoms with Crippen LogP contribution in [0.25, 0.3) is 66.4 Å². The largest absolute Gasteiger partial charge is 0.457 e. The molecule has 14 rings (SSSR count). The Morgan fingerprint density at radius 2 is 0.705 bits per heavy atom. The second-order valence-electron chi connectivity index (χ2n) is 17.0. The molecule has 0 saturated heterocycles. The predicted molar refractivity (Wildman–Crippen MR) is 248 cm³/mol. The zero-order chi connectivity index (χ0) is 39.9. The summed E-state index contributed by atoms with van der Waals surface area (Å²) in [7, 11) is 0. The molecule has 3 aliphatic carbocycles. The first-order chi connectivity index (χ1) is 30.3. The van der Waals surface area contributed by atoms with Gasteiger partial charge in [0, 0.05) is 11.1 Å². The molecule has 0 saturated carbocycles. The molecule has 1 heterocycles. The van der Waals surface area contributed by atoms with Crippen molar-refractivity contribution in [2.75, 3.05) is 0 Å². The Hall–Kier alpha value is -7.74. The van der Waals surface area contributed by atoms with E-state index in [0.29, 0.717) is 0 Å². The quantitative estimate of drug-likeness (QED) is 0.170. The van der Waals surface area contributed by atoms with Crippen molar-refractivity contribution in [3.63, 3.8) is 0 Å². The number of rotatable bonds is 2. The molecule has 0 radical (unpaired) electrons. The first-order valence-corrected chi connectivity index (χ1v) is 21.3. The monoisotopic (exact) mass is 772 g/mol. The van der Waals surface area contributed by atoms with E-state index in [1.807, 2.05) is 0 Å². The van der Waals surface area contributed by atoms with Crippen molar-refractivity contribution in [2.24, 2.45) is 0 Å². The number of hydrogen-bond acceptors (Lipinski definition) is 1. The molecule has 10 aromatic carbocycles. The second kappa shape index (κ2) is 11.9. The number of ether oxygens (including phenoxy) is 1. The van der Waals surface area contributed by atoms with Gasteiger partial charge in [-0.3, -0.25) is 0 Å². The number of para-hydroxylation sites is 1. The van der Waals surface area contributed by atoms with Crippen LogP contribution in [0, 0.1) is 0 Å². The van der Waals surface area contributed by atoms with E-state index in [-0.39, 0.29) is 0 Å². The maximum absolute atomic E-state index is 6.84. The van der Waals surface area contributed by atoms with Crippen molar-refractivity contribution >= 4 is 10.8 Å². The molecule has 61 heavy (non-hydrogen) atoms. The van der Waals surface area contributed by atoms with Crippen LogP contribution < -0.4 is 4.74 Å². The Morgan fingerprint density at radius 3 is 1.39 bits per heavy atom. The lowest BCUT2D eigenvalue weighted by Crippen LogP contribution is -2.32. The Kier molecular flexibility index (Phi) is 6.48. The maximum Gasteiger partial charge on any atom is 0.132 e. The van der Waals surface area contributed by atoms with Crippen LogP contribution in [-0.4, -0.2) is 0 Å². The minimum atomic E-state index is -0.533. The fourth-order valence-electron chi connectivity index (χ4n) is 12.1. The van der Waals surface area contributed by atoms with E-state index in [9.17, 15) is 0 Å². The SMILES string of the molecule is c1ccc2c(c1)Oc1ccc(-c3ccccc3-c3cccc4c3-c3ccccc3C43c4ccccc4-c4cc5ccccc5cc43)cc1C21c2ccccc2-c2ccccc21. The molecule has 282 valence electrons. The summed E-state index contributed by atoms with van der Waals surface area (Å²) < 4.78 is 6.84. The lowest BCUT2D eigenvalue weighted by molar-refractivity contribution is 0.436. The van der Waals surface area contributed by atoms with Crippen LogP contribution in [0.15, 0.2) is 218 Å². The molecule has 0 amide bonds. The number of fused-ring (bicyclic) bond motifs is 20. The molecule has 1 nitrogen and oxygen atoms in total. The van der Waals surface area contributed by atoms with E-state index < -0.39 is 10.8 Å². The van der Waals surface area contributed by atoms with Gasteiger partial charge in [0.1, 0.15) is 11.5 Å². The van der Waals surface area contributed by atoms with Crippen LogP contribution in [0.3, 0.4) is 0 Å². The molecule has 2 spiro atoms. The first kappa shape index (κ1) is 33.1. The van der Waals surface area contributed by atoms with Crippen LogP contribution >= 0.6 is 0 Å². The highest BCUT2D eigenvalue weighted by Crippen LogP contribution is 2.66. The van der Waals surface area contributed by atoms with Gasteiger partial charge in [-0.15, -0.1) is 0 Å². The predicted octanol–water partition coefficient (Wildman–Crippen LogP) is 15.0. The molecular weight excluding hydrogens is 737 g/mol. The number of benzene rings is 10. The van der Waals surface area contributed by atoms with Gasteiger partial charge in [0.15, 0.2) is 0 Å². The van der Waals surface area contributed by atoms with E-state index in [0.717, 1.165) is 11.5 Å². The average Bonchev–Trinajstić information content (AvgIpc) is 3.91. The van der Waals surface area contributed by atoms with E-state index in [1.165, 1.54) is 111 Å². The van der Waals surface area contributed by atoms with E-state index in [2.05, 4.69) is 218 Å². The van der Waals surface area contributed by atoms with Crippen molar-refractivity contribution in [3.05, 3.63) is 263 Å². The topological polar surface area (TPSA) is 9.23 Å². The molecule has 4 aliphatic rings. The van der Waals surface area contributed by atoms with Crippen molar-refractivity contribution in [2.45, 2.75) is 10.8 Å². The van der Waals surface area contributed by atoms with Crippen molar-refractivity contribution in [1.82, 2.24) is 0 Å². The van der Waals surface area contributed by atoms with Crippen molar-refractivity contribution < 1.29 is 4.74 Å². The summed E-state index contributed by atoms with van der Waals surface area (Å²) in [5.74, 6) is 1.80. The highest BCUT2D eigenvalue weighted by atomic mass is 16.5. The van der Waals surface area contributed by atoms with E-state index >= 15 is 0 Å². The normalized spacial score (nSPS) is 16.2. The Balaban J connectivity index is 1.02. The van der Waals surface area contributed by atoms with Gasteiger partial charge in [-0.1, -0.05) is 188 Å². The highest BCUT2D eigenvalue weighted by molar-refractivity contribution is 6.04. The molecule has 0 fully saturated rings. The van der Waals surface area contributed by atoms with Gasteiger partial charge in [-0.2, -0.15) is 0 Å². The van der Waals surface area contributed by atoms with Crippen LogP contribution in [0.5, 0.6) is 11.5 Å². The summed E-state index contributed by atoms with van der Waals surface area (Å²) in [4.78, 5) is 0. The minimum absolute atomic E-state index is 0.445. The average molecular weight is 773 g/mol. The van der Waals surface area contributed by atoms with Crippen LogP contribution in [0.2, 0.25) is 0 Å². The van der Waals surface area contributed by atoms with Crippen molar-refractivity contribution in [3.8, 4) is 67.1 Å². The third-order valence-corrected chi connectivity index (χ3v) is 14.4. The summed E-state index contributed by atoms with van der Waals surface area (Å²) >= 11 is 0. The lowest BCUT2D eigenvalue weighted by Gasteiger charge is -2.39. The minimum Gasteiger partial charge on any atom is -0.457 e. The third-order valence-electron chi connectivity index (χ3n) is 14.4. The Morgan fingerprint density at radius 1 is 0.246 bits per heavy atom. The van der Waals surface area contributed by atoms with Gasteiger partial charge in [0.25, 0.3) is 0 Å². The third kappa shape index (κ3) is 4.06. The molecule has 1 aliphatic heterocycles. The summed E-state index contributed by atoms with van der Waals surface area (Å²) in [5.41, 5.74) is 22.0. The van der Waals surface area contributed by atoms with E-state index in [4.69, 9.17) is 4.74 Å². The molecule has 1 atom stereocenters. The maximum atomic E-state index is 6.84. The molecular formula is C60H36O. The van der Waals surface area contributed by atoms with Gasteiger partial charge in [0.2, 0.25) is 0 Å². The summed E-state index contributed by atoms with van der Waals surface area (Å²) in [6.07, 6.45) is 0. The van der Waals surface area contributed by atoms with E-state index in [1.54, 1.807) is 0 Å². The van der Waals surface area contributed by atoms with Crippen molar-refractivity contribution in [1.29, 1.82) is 0 Å². The number of hydrogen-bond donors (Lipinski definition) is 0. The molecule has 10 aromatic rings. The standard InChI is InChI=1S/C60H36O/c1-2-17-38-35-54-47(34-37(38)16-1)44-22-7-11-27-50(44)60(54)51-28-12-8-23-46(51)58-45(24-15-30-53(58)60)41-19-4-3-18-40(41)39-32-33-57-55(36-39)59(52-29-13-14-31-56(52)61-57)48-25-9-5-20-42(48)43-21-6-10-26-49(43)59/h1-36H. The zero-order valence-corrected chi connectivity index (χ0v) is 33.2. The van der Waals surface area contributed by atoms with Gasteiger partial charge in [-0.25, -0.2) is 0 Å². The Labute approximate surface area is 354 Å². The first-order valence-electron chi connectivity index (χ1n) is 21.3. The van der Waals surface area contributed by atoms with Crippen LogP contribution in [-0.2, 0) is 10.8 Å². The Bertz CT molecular complexity index is 3490. The van der Waals surface area contributed by atoms with Gasteiger partial charge in [0.05, 0.1) is 10.8 Å². The molecule has 0 bridgehead atoms. The summed E-state index contributed by atoms with van der Waals surface area (Å²) in [6, 6.07) is 81.5. The molecule has 0 N–H and O–H groups in total. The second-order valence-corrected chi connectivity index (χ2v) is 17.0. The fraction of sp³-hybridized carbons (Fsp3) is 0.0333. The fourth-order valence-corrected chi connectivity index (χ4v) is 12.1. The van der Waals surface area contributed by atoms with Gasteiger partial charge < -0.3 is 4.74 Å². The highest BCUT2D eigenvalue weighted by Gasteiger charge is 2.53. The summed E-state index contributed by atoms with van der Waals surface area (Å²) in [5, 5.41) is 2.54. The zero-order valence-electron chi connectivity index (χ0n) is 33.2. The smallest absolute Gasteiger partial charge is 0.132 e.